The Morgan fingerprint density at radius 1 is 1.31 bits per heavy atom. The minimum atomic E-state index is -0.0410. The molecule has 1 aromatic carbocycles. The number of aryl methyl sites for hydroxylation is 1. The predicted molar refractivity (Wildman–Crippen MR) is 105 cm³/mol. The van der Waals surface area contributed by atoms with Gasteiger partial charge in [-0.3, -0.25) is 9.36 Å². The summed E-state index contributed by atoms with van der Waals surface area (Å²) in [4.78, 5) is 20.3. The average molecular weight is 364 g/mol. The Labute approximate surface area is 155 Å². The third-order valence-corrected chi connectivity index (χ3v) is 5.40. The summed E-state index contributed by atoms with van der Waals surface area (Å²) in [5.74, 6) is -0.0410. The number of thiazole rings is 1. The first kappa shape index (κ1) is 16.6. The number of carbonyl (C=O) groups is 1. The van der Waals surface area contributed by atoms with Crippen molar-refractivity contribution < 1.29 is 4.79 Å². The van der Waals surface area contributed by atoms with Crippen molar-refractivity contribution in [1.82, 2.24) is 19.9 Å². The lowest BCUT2D eigenvalue weighted by Gasteiger charge is -2.07. The largest absolute Gasteiger partial charge is 0.361 e. The molecule has 26 heavy (non-hydrogen) atoms. The van der Waals surface area contributed by atoms with E-state index in [1.807, 2.05) is 48.2 Å². The third kappa shape index (κ3) is 2.93. The van der Waals surface area contributed by atoms with Crippen LogP contribution in [0.15, 0.2) is 48.1 Å². The van der Waals surface area contributed by atoms with Gasteiger partial charge in [0.15, 0.2) is 5.13 Å². The number of H-pyrrole nitrogens is 1. The number of carbonyl (C=O) groups excluding carboxylic acids is 1. The predicted octanol–water partition coefficient (Wildman–Crippen LogP) is 4.00. The number of hydrogen-bond donors (Lipinski definition) is 2. The highest BCUT2D eigenvalue weighted by Crippen LogP contribution is 2.22. The Morgan fingerprint density at radius 3 is 2.96 bits per heavy atom. The summed E-state index contributed by atoms with van der Waals surface area (Å²) in [6.07, 6.45) is 4.59. The number of nitrogens with one attached hydrogen (secondary N) is 2. The molecule has 0 fully saturated rings. The Kier molecular flexibility index (Phi) is 4.34. The molecule has 0 unspecified atom stereocenters. The van der Waals surface area contributed by atoms with Gasteiger partial charge in [0.1, 0.15) is 0 Å². The van der Waals surface area contributed by atoms with Crippen LogP contribution in [0, 0.1) is 13.8 Å². The zero-order chi connectivity index (χ0) is 18.1. The van der Waals surface area contributed by atoms with Crippen molar-refractivity contribution in [3.05, 3.63) is 70.6 Å². The molecule has 0 saturated carbocycles. The summed E-state index contributed by atoms with van der Waals surface area (Å²) in [5.41, 5.74) is 4.98. The number of aromatic amines is 1. The number of nitrogens with zero attached hydrogens (tertiary/aromatic N) is 2. The molecule has 2 N–H and O–H groups in total. The van der Waals surface area contributed by atoms with Gasteiger partial charge >= 0.3 is 0 Å². The van der Waals surface area contributed by atoms with Gasteiger partial charge in [0.25, 0.3) is 5.91 Å². The Hall–Kier alpha value is -2.86. The second-order valence-corrected chi connectivity index (χ2v) is 7.17. The molecule has 6 heteroatoms. The van der Waals surface area contributed by atoms with Crippen LogP contribution in [0.4, 0.5) is 0 Å². The number of hydrogen-bond acceptors (Lipinski definition) is 3. The molecule has 1 amide bonds. The summed E-state index contributed by atoms with van der Waals surface area (Å²) in [7, 11) is 0. The monoisotopic (exact) mass is 364 g/mol. The van der Waals surface area contributed by atoms with Crippen LogP contribution in [-0.4, -0.2) is 27.0 Å². The standard InChI is InChI=1S/C20H20N4OS/c1-13-11-17(14(2)24(13)20-22-9-10-26-20)19(25)21-8-7-15-12-23-18-6-4-3-5-16(15)18/h3-6,9-12,23H,7-8H2,1-2H3,(H,21,25). The molecule has 4 rings (SSSR count). The fraction of sp³-hybridized carbons (Fsp3) is 0.200. The van der Waals surface area contributed by atoms with Crippen LogP contribution >= 0.6 is 11.3 Å². The van der Waals surface area contributed by atoms with Crippen molar-refractivity contribution in [2.45, 2.75) is 20.3 Å². The molecular formula is C20H20N4OS. The maximum Gasteiger partial charge on any atom is 0.253 e. The minimum Gasteiger partial charge on any atom is -0.361 e. The van der Waals surface area contributed by atoms with E-state index in [9.17, 15) is 4.79 Å². The summed E-state index contributed by atoms with van der Waals surface area (Å²) >= 11 is 1.56. The van der Waals surface area contributed by atoms with Crippen LogP contribution in [0.3, 0.4) is 0 Å². The van der Waals surface area contributed by atoms with E-state index in [1.54, 1.807) is 17.5 Å². The van der Waals surface area contributed by atoms with E-state index in [1.165, 1.54) is 10.9 Å². The summed E-state index contributed by atoms with van der Waals surface area (Å²) < 4.78 is 2.03. The van der Waals surface area contributed by atoms with Crippen LogP contribution in [0.25, 0.3) is 16.0 Å². The zero-order valence-electron chi connectivity index (χ0n) is 14.7. The van der Waals surface area contributed by atoms with E-state index in [4.69, 9.17) is 0 Å². The van der Waals surface area contributed by atoms with Crippen LogP contribution in [0.5, 0.6) is 0 Å². The van der Waals surface area contributed by atoms with Gasteiger partial charge in [0.05, 0.1) is 5.56 Å². The van der Waals surface area contributed by atoms with Crippen LogP contribution in [-0.2, 0) is 6.42 Å². The van der Waals surface area contributed by atoms with Gasteiger partial charge < -0.3 is 10.3 Å². The summed E-state index contributed by atoms with van der Waals surface area (Å²) in [6, 6.07) is 10.1. The normalized spacial score (nSPS) is 11.2. The fourth-order valence-corrected chi connectivity index (χ4v) is 4.11. The summed E-state index contributed by atoms with van der Waals surface area (Å²) in [6.45, 7) is 4.56. The molecule has 0 atom stereocenters. The number of para-hydroxylation sites is 1. The molecule has 0 aliphatic carbocycles. The molecule has 0 spiro atoms. The molecule has 5 nitrogen and oxygen atoms in total. The van der Waals surface area contributed by atoms with Gasteiger partial charge in [-0.05, 0) is 38.0 Å². The summed E-state index contributed by atoms with van der Waals surface area (Å²) in [5, 5.41) is 7.08. The van der Waals surface area contributed by atoms with Crippen molar-refractivity contribution in [2.75, 3.05) is 6.54 Å². The Morgan fingerprint density at radius 2 is 2.15 bits per heavy atom. The molecule has 4 aromatic rings. The van der Waals surface area contributed by atoms with Crippen molar-refractivity contribution in [3.63, 3.8) is 0 Å². The van der Waals surface area contributed by atoms with Crippen LogP contribution in [0.2, 0.25) is 0 Å². The molecular weight excluding hydrogens is 344 g/mol. The average Bonchev–Trinajstić information content (AvgIpc) is 3.35. The Bertz CT molecular complexity index is 1060. The van der Waals surface area contributed by atoms with Gasteiger partial charge in [-0.1, -0.05) is 18.2 Å². The lowest BCUT2D eigenvalue weighted by Crippen LogP contribution is -2.26. The Balaban J connectivity index is 1.46. The van der Waals surface area contributed by atoms with Crippen molar-refractivity contribution in [3.8, 4) is 5.13 Å². The van der Waals surface area contributed by atoms with Crippen molar-refractivity contribution >= 4 is 28.1 Å². The first-order chi connectivity index (χ1) is 12.6. The fourth-order valence-electron chi connectivity index (χ4n) is 3.36. The maximum atomic E-state index is 12.6. The van der Waals surface area contributed by atoms with Crippen LogP contribution in [0.1, 0.15) is 27.3 Å². The number of fused-ring (bicyclic) bond motifs is 1. The lowest BCUT2D eigenvalue weighted by atomic mass is 10.1. The van der Waals surface area contributed by atoms with E-state index >= 15 is 0 Å². The van der Waals surface area contributed by atoms with Crippen molar-refractivity contribution in [2.24, 2.45) is 0 Å². The van der Waals surface area contributed by atoms with Gasteiger partial charge in [0.2, 0.25) is 0 Å². The lowest BCUT2D eigenvalue weighted by molar-refractivity contribution is 0.0953. The molecule has 0 bridgehead atoms. The SMILES string of the molecule is Cc1cc(C(=O)NCCc2c[nH]c3ccccc23)c(C)n1-c1nccs1. The zero-order valence-corrected chi connectivity index (χ0v) is 15.6. The number of aromatic nitrogens is 3. The third-order valence-electron chi connectivity index (χ3n) is 4.64. The highest BCUT2D eigenvalue weighted by molar-refractivity contribution is 7.12. The van der Waals surface area contributed by atoms with Crippen LogP contribution < -0.4 is 5.32 Å². The number of rotatable bonds is 5. The molecule has 0 saturated heterocycles. The molecule has 0 aliphatic rings. The molecule has 3 aromatic heterocycles. The quantitative estimate of drug-likeness (QED) is 0.562. The van der Waals surface area contributed by atoms with Gasteiger partial charge in [0, 0.05) is 46.6 Å². The molecule has 132 valence electrons. The molecule has 3 heterocycles. The smallest absolute Gasteiger partial charge is 0.253 e. The first-order valence-electron chi connectivity index (χ1n) is 8.57. The molecule has 0 aliphatic heterocycles. The first-order valence-corrected chi connectivity index (χ1v) is 9.45. The minimum absolute atomic E-state index is 0.0410. The topological polar surface area (TPSA) is 62.7 Å². The number of amides is 1. The van der Waals surface area contributed by atoms with E-state index in [-0.39, 0.29) is 5.91 Å². The second kappa shape index (κ2) is 6.80. The van der Waals surface area contributed by atoms with Gasteiger partial charge in [-0.2, -0.15) is 0 Å². The molecule has 0 radical (unpaired) electrons. The maximum absolute atomic E-state index is 12.6. The second-order valence-electron chi connectivity index (χ2n) is 6.30. The van der Waals surface area contributed by atoms with Gasteiger partial charge in [-0.15, -0.1) is 11.3 Å². The van der Waals surface area contributed by atoms with E-state index in [0.29, 0.717) is 12.1 Å². The highest BCUT2D eigenvalue weighted by atomic mass is 32.1. The van der Waals surface area contributed by atoms with Crippen molar-refractivity contribution in [1.29, 1.82) is 0 Å². The van der Waals surface area contributed by atoms with E-state index in [2.05, 4.69) is 27.4 Å². The number of benzene rings is 1. The van der Waals surface area contributed by atoms with E-state index < -0.39 is 0 Å². The van der Waals surface area contributed by atoms with E-state index in [0.717, 1.165) is 28.5 Å². The highest BCUT2D eigenvalue weighted by Gasteiger charge is 2.17. The van der Waals surface area contributed by atoms with Gasteiger partial charge in [-0.25, -0.2) is 4.98 Å².